The summed E-state index contributed by atoms with van der Waals surface area (Å²) in [6.45, 7) is 0.163. The van der Waals surface area contributed by atoms with Crippen LogP contribution in [0.2, 0.25) is 5.02 Å². The van der Waals surface area contributed by atoms with E-state index in [9.17, 15) is 8.42 Å². The van der Waals surface area contributed by atoms with Gasteiger partial charge in [0.1, 0.15) is 0 Å². The molecule has 0 saturated heterocycles. The summed E-state index contributed by atoms with van der Waals surface area (Å²) in [5.41, 5.74) is 1.32. The molecule has 0 fully saturated rings. The Balaban J connectivity index is 2.09. The fourth-order valence-corrected chi connectivity index (χ4v) is 2.72. The maximum Gasteiger partial charge on any atom is 0.240 e. The molecule has 102 valence electrons. The van der Waals surface area contributed by atoms with E-state index < -0.39 is 10.0 Å². The van der Waals surface area contributed by atoms with Gasteiger partial charge in [-0.3, -0.25) is 0 Å². The average Bonchev–Trinajstić information content (AvgIpc) is 2.46. The standard InChI is InChI=1S/C14H11ClN2O2S/c15-13-5-7-14(8-6-13)20(18,19)17-10-12-3-1-11(9-16)2-4-12/h1-8,17H,10H2. The molecule has 0 spiro atoms. The van der Waals surface area contributed by atoms with Crippen molar-refractivity contribution in [3.63, 3.8) is 0 Å². The molecule has 0 heterocycles. The lowest BCUT2D eigenvalue weighted by Crippen LogP contribution is -2.23. The SMILES string of the molecule is N#Cc1ccc(CNS(=O)(=O)c2ccc(Cl)cc2)cc1. The summed E-state index contributed by atoms with van der Waals surface area (Å²) in [4.78, 5) is 0.163. The minimum absolute atomic E-state index is 0.163. The number of halogens is 1. The summed E-state index contributed by atoms with van der Waals surface area (Å²) >= 11 is 5.72. The van der Waals surface area contributed by atoms with Crippen LogP contribution in [0.5, 0.6) is 0 Å². The van der Waals surface area contributed by atoms with E-state index in [1.54, 1.807) is 24.3 Å². The van der Waals surface area contributed by atoms with E-state index in [4.69, 9.17) is 16.9 Å². The molecule has 2 aromatic carbocycles. The Hall–Kier alpha value is -1.87. The van der Waals surface area contributed by atoms with Gasteiger partial charge in [-0.25, -0.2) is 13.1 Å². The molecule has 6 heteroatoms. The first-order valence-electron chi connectivity index (χ1n) is 5.75. The van der Waals surface area contributed by atoms with Gasteiger partial charge in [0, 0.05) is 11.6 Å². The molecule has 0 aromatic heterocycles. The Morgan fingerprint density at radius 3 is 2.20 bits per heavy atom. The van der Waals surface area contributed by atoms with Crippen LogP contribution in [0.4, 0.5) is 0 Å². The first-order chi connectivity index (χ1) is 9.51. The van der Waals surface area contributed by atoms with Gasteiger partial charge in [0.25, 0.3) is 0 Å². The maximum absolute atomic E-state index is 12.0. The Morgan fingerprint density at radius 1 is 1.05 bits per heavy atom. The summed E-state index contributed by atoms with van der Waals surface area (Å²) in [6, 6.07) is 14.7. The topological polar surface area (TPSA) is 70.0 Å². The lowest BCUT2D eigenvalue weighted by atomic mass is 10.1. The lowest BCUT2D eigenvalue weighted by molar-refractivity contribution is 0.581. The van der Waals surface area contributed by atoms with Crippen molar-refractivity contribution < 1.29 is 8.42 Å². The van der Waals surface area contributed by atoms with Crippen LogP contribution in [0.1, 0.15) is 11.1 Å². The van der Waals surface area contributed by atoms with Crippen LogP contribution in [0.3, 0.4) is 0 Å². The number of hydrogen-bond donors (Lipinski definition) is 1. The predicted molar refractivity (Wildman–Crippen MR) is 76.6 cm³/mol. The van der Waals surface area contributed by atoms with E-state index in [1.807, 2.05) is 6.07 Å². The second-order valence-corrected chi connectivity index (χ2v) is 6.29. The molecule has 20 heavy (non-hydrogen) atoms. The predicted octanol–water partition coefficient (Wildman–Crippen LogP) is 2.69. The van der Waals surface area contributed by atoms with Gasteiger partial charge in [-0.2, -0.15) is 5.26 Å². The normalized spacial score (nSPS) is 11.0. The third kappa shape index (κ3) is 3.58. The van der Waals surface area contributed by atoms with Crippen LogP contribution in [0.25, 0.3) is 0 Å². The zero-order chi connectivity index (χ0) is 14.6. The third-order valence-corrected chi connectivity index (χ3v) is 4.34. The number of nitrogens with zero attached hydrogens (tertiary/aromatic N) is 1. The third-order valence-electron chi connectivity index (χ3n) is 2.67. The Kier molecular flexibility index (Phi) is 4.40. The molecule has 0 amide bonds. The van der Waals surface area contributed by atoms with Crippen molar-refractivity contribution in [1.29, 1.82) is 5.26 Å². The maximum atomic E-state index is 12.0. The van der Waals surface area contributed by atoms with E-state index in [0.717, 1.165) is 5.56 Å². The van der Waals surface area contributed by atoms with Gasteiger partial charge in [0.2, 0.25) is 10.0 Å². The fraction of sp³-hybridized carbons (Fsp3) is 0.0714. The van der Waals surface area contributed by atoms with E-state index in [1.165, 1.54) is 24.3 Å². The zero-order valence-electron chi connectivity index (χ0n) is 10.4. The number of hydrogen-bond acceptors (Lipinski definition) is 3. The second kappa shape index (κ2) is 6.06. The highest BCUT2D eigenvalue weighted by Gasteiger charge is 2.13. The average molecular weight is 307 g/mol. The molecule has 0 aliphatic heterocycles. The highest BCUT2D eigenvalue weighted by atomic mass is 35.5. The summed E-state index contributed by atoms with van der Waals surface area (Å²) in [5, 5.41) is 9.17. The van der Waals surface area contributed by atoms with Crippen molar-refractivity contribution >= 4 is 21.6 Å². The quantitative estimate of drug-likeness (QED) is 0.944. The fourth-order valence-electron chi connectivity index (χ4n) is 1.57. The van der Waals surface area contributed by atoms with E-state index in [2.05, 4.69) is 4.72 Å². The molecule has 2 aromatic rings. The first kappa shape index (κ1) is 14.5. The number of rotatable bonds is 4. The van der Waals surface area contributed by atoms with E-state index in [0.29, 0.717) is 10.6 Å². The van der Waals surface area contributed by atoms with Gasteiger partial charge in [-0.1, -0.05) is 23.7 Å². The van der Waals surface area contributed by atoms with E-state index >= 15 is 0 Å². The van der Waals surface area contributed by atoms with E-state index in [-0.39, 0.29) is 11.4 Å². The Morgan fingerprint density at radius 2 is 1.65 bits per heavy atom. The van der Waals surface area contributed by atoms with Gasteiger partial charge >= 0.3 is 0 Å². The number of nitriles is 1. The van der Waals surface area contributed by atoms with Crippen molar-refractivity contribution in [1.82, 2.24) is 4.72 Å². The first-order valence-corrected chi connectivity index (χ1v) is 7.62. The zero-order valence-corrected chi connectivity index (χ0v) is 11.9. The Bertz CT molecular complexity index is 732. The smallest absolute Gasteiger partial charge is 0.207 e. The van der Waals surface area contributed by atoms with Crippen molar-refractivity contribution in [3.8, 4) is 6.07 Å². The van der Waals surface area contributed by atoms with Crippen LogP contribution in [-0.4, -0.2) is 8.42 Å². The molecule has 0 unspecified atom stereocenters. The molecule has 0 radical (unpaired) electrons. The van der Waals surface area contributed by atoms with Crippen molar-refractivity contribution in [3.05, 3.63) is 64.7 Å². The van der Waals surface area contributed by atoms with Crippen LogP contribution in [-0.2, 0) is 16.6 Å². The Labute approximate surface area is 122 Å². The number of sulfonamides is 1. The molecule has 0 atom stereocenters. The summed E-state index contributed by atoms with van der Waals surface area (Å²) in [7, 11) is -3.56. The highest BCUT2D eigenvalue weighted by Crippen LogP contribution is 2.14. The molecule has 0 saturated carbocycles. The minimum atomic E-state index is -3.56. The molecule has 4 nitrogen and oxygen atoms in total. The molecule has 2 rings (SSSR count). The van der Waals surface area contributed by atoms with Crippen LogP contribution < -0.4 is 4.72 Å². The van der Waals surface area contributed by atoms with Crippen molar-refractivity contribution in [2.45, 2.75) is 11.4 Å². The van der Waals surface area contributed by atoms with Crippen LogP contribution in [0.15, 0.2) is 53.4 Å². The summed E-state index contributed by atoms with van der Waals surface area (Å²) in [5.74, 6) is 0. The lowest BCUT2D eigenvalue weighted by Gasteiger charge is -2.07. The molecular weight excluding hydrogens is 296 g/mol. The molecular formula is C14H11ClN2O2S. The van der Waals surface area contributed by atoms with Gasteiger partial charge in [0.15, 0.2) is 0 Å². The largest absolute Gasteiger partial charge is 0.240 e. The minimum Gasteiger partial charge on any atom is -0.207 e. The summed E-state index contributed by atoms with van der Waals surface area (Å²) in [6.07, 6.45) is 0. The molecule has 0 aliphatic rings. The molecule has 0 bridgehead atoms. The van der Waals surface area contributed by atoms with Crippen molar-refractivity contribution in [2.24, 2.45) is 0 Å². The van der Waals surface area contributed by atoms with Gasteiger partial charge in [0.05, 0.1) is 16.5 Å². The highest BCUT2D eigenvalue weighted by molar-refractivity contribution is 7.89. The van der Waals surface area contributed by atoms with Crippen LogP contribution in [0, 0.1) is 11.3 Å². The van der Waals surface area contributed by atoms with Crippen molar-refractivity contribution in [2.75, 3.05) is 0 Å². The van der Waals surface area contributed by atoms with Gasteiger partial charge in [-0.05, 0) is 42.0 Å². The molecule has 0 aliphatic carbocycles. The van der Waals surface area contributed by atoms with Gasteiger partial charge < -0.3 is 0 Å². The number of benzene rings is 2. The monoisotopic (exact) mass is 306 g/mol. The second-order valence-electron chi connectivity index (χ2n) is 4.09. The van der Waals surface area contributed by atoms with Gasteiger partial charge in [-0.15, -0.1) is 0 Å². The molecule has 1 N–H and O–H groups in total. The number of nitrogens with one attached hydrogen (secondary N) is 1. The van der Waals surface area contributed by atoms with Crippen LogP contribution >= 0.6 is 11.6 Å². The summed E-state index contributed by atoms with van der Waals surface area (Å²) < 4.78 is 26.6.